The van der Waals surface area contributed by atoms with Gasteiger partial charge in [0.2, 0.25) is 0 Å². The molecule has 31 heavy (non-hydrogen) atoms. The first-order chi connectivity index (χ1) is 14.9. The van der Waals surface area contributed by atoms with E-state index in [4.69, 9.17) is 0 Å². The fourth-order valence-corrected chi connectivity index (χ4v) is 5.81. The van der Waals surface area contributed by atoms with Gasteiger partial charge in [0.15, 0.2) is 0 Å². The SMILES string of the molecule is CCCc1cc(F)c(C#Cc2cc3sc(-c4cc(F)cc(F)c4CC)cc3s2)c(F)c1. The molecule has 6 heteroatoms. The van der Waals surface area contributed by atoms with Gasteiger partial charge in [0, 0.05) is 25.9 Å². The molecule has 0 saturated heterocycles. The Kier molecular flexibility index (Phi) is 6.17. The van der Waals surface area contributed by atoms with Crippen molar-refractivity contribution in [2.45, 2.75) is 33.1 Å². The molecule has 2 heterocycles. The van der Waals surface area contributed by atoms with Gasteiger partial charge in [-0.1, -0.05) is 32.1 Å². The zero-order chi connectivity index (χ0) is 22.1. The van der Waals surface area contributed by atoms with Crippen molar-refractivity contribution in [3.63, 3.8) is 0 Å². The van der Waals surface area contributed by atoms with E-state index in [2.05, 4.69) is 11.8 Å². The molecule has 158 valence electrons. The monoisotopic (exact) mass is 458 g/mol. The minimum Gasteiger partial charge on any atom is -0.207 e. The molecular weight excluding hydrogens is 440 g/mol. The molecule has 0 unspecified atom stereocenters. The predicted molar refractivity (Wildman–Crippen MR) is 121 cm³/mol. The summed E-state index contributed by atoms with van der Waals surface area (Å²) >= 11 is 2.80. The second-order valence-electron chi connectivity index (χ2n) is 7.15. The average Bonchev–Trinajstić information content (AvgIpc) is 3.26. The molecule has 0 aliphatic rings. The van der Waals surface area contributed by atoms with Crippen molar-refractivity contribution in [2.75, 3.05) is 0 Å². The molecule has 0 amide bonds. The van der Waals surface area contributed by atoms with E-state index in [9.17, 15) is 17.6 Å². The van der Waals surface area contributed by atoms with Gasteiger partial charge in [-0.25, -0.2) is 17.6 Å². The molecule has 0 N–H and O–H groups in total. The molecule has 0 fully saturated rings. The average molecular weight is 459 g/mol. The summed E-state index contributed by atoms with van der Waals surface area (Å²) in [4.78, 5) is 1.45. The van der Waals surface area contributed by atoms with Gasteiger partial charge in [-0.3, -0.25) is 0 Å². The number of halogens is 4. The van der Waals surface area contributed by atoms with Gasteiger partial charge in [0.25, 0.3) is 0 Å². The van der Waals surface area contributed by atoms with Crippen LogP contribution in [0.5, 0.6) is 0 Å². The Balaban J connectivity index is 1.67. The molecule has 0 nitrogen and oxygen atoms in total. The summed E-state index contributed by atoms with van der Waals surface area (Å²) in [5.41, 5.74) is 1.41. The Morgan fingerprint density at radius 2 is 1.48 bits per heavy atom. The smallest absolute Gasteiger partial charge is 0.142 e. The van der Waals surface area contributed by atoms with Gasteiger partial charge in [-0.05, 0) is 54.3 Å². The third kappa shape index (κ3) is 4.39. The van der Waals surface area contributed by atoms with Crippen LogP contribution in [0.25, 0.3) is 19.8 Å². The van der Waals surface area contributed by atoms with E-state index >= 15 is 0 Å². The maximum absolute atomic E-state index is 14.3. The third-order valence-corrected chi connectivity index (χ3v) is 7.18. The van der Waals surface area contributed by atoms with E-state index in [1.807, 2.05) is 26.0 Å². The lowest BCUT2D eigenvalue weighted by molar-refractivity contribution is 0.573. The predicted octanol–water partition coefficient (Wildman–Crippen LogP) is 8.10. The number of thiophene rings is 2. The van der Waals surface area contributed by atoms with Crippen LogP contribution < -0.4 is 0 Å². The van der Waals surface area contributed by atoms with Crippen LogP contribution in [0.4, 0.5) is 17.6 Å². The van der Waals surface area contributed by atoms with Crippen LogP contribution in [0.1, 0.15) is 41.8 Å². The highest BCUT2D eigenvalue weighted by atomic mass is 32.1. The minimum absolute atomic E-state index is 0.236. The summed E-state index contributed by atoms with van der Waals surface area (Å²) in [7, 11) is 0. The molecule has 4 rings (SSSR count). The van der Waals surface area contributed by atoms with E-state index < -0.39 is 23.3 Å². The van der Waals surface area contributed by atoms with Gasteiger partial charge in [0.05, 0.1) is 10.4 Å². The van der Waals surface area contributed by atoms with E-state index in [1.165, 1.54) is 40.9 Å². The normalized spacial score (nSPS) is 11.0. The van der Waals surface area contributed by atoms with Gasteiger partial charge < -0.3 is 0 Å². The van der Waals surface area contributed by atoms with Crippen molar-refractivity contribution < 1.29 is 17.6 Å². The van der Waals surface area contributed by atoms with Gasteiger partial charge in [-0.15, -0.1) is 22.7 Å². The number of hydrogen-bond acceptors (Lipinski definition) is 2. The Labute approximate surface area is 186 Å². The number of rotatable bonds is 4. The third-order valence-electron chi connectivity index (χ3n) is 4.94. The minimum atomic E-state index is -0.656. The standard InChI is InChI=1S/C25H18F4S2/c1-3-5-14-8-20(27)18(21(28)9-14)7-6-16-12-24-25(30-16)13-23(31-24)19-10-15(26)11-22(29)17(19)4-2/h8-13H,3-5H2,1-2H3. The quantitative estimate of drug-likeness (QED) is 0.214. The topological polar surface area (TPSA) is 0 Å². The first kappa shape index (κ1) is 21.6. The molecular formula is C25H18F4S2. The number of benzene rings is 2. The highest BCUT2D eigenvalue weighted by Gasteiger charge is 2.15. The summed E-state index contributed by atoms with van der Waals surface area (Å²) in [6, 6.07) is 8.64. The molecule has 0 saturated carbocycles. The molecule has 0 aliphatic carbocycles. The van der Waals surface area contributed by atoms with Crippen LogP contribution >= 0.6 is 22.7 Å². The zero-order valence-electron chi connectivity index (χ0n) is 16.9. The Morgan fingerprint density at radius 3 is 2.13 bits per heavy atom. The van der Waals surface area contributed by atoms with Crippen LogP contribution in [0.3, 0.4) is 0 Å². The van der Waals surface area contributed by atoms with Crippen LogP contribution in [0.15, 0.2) is 36.4 Å². The lowest BCUT2D eigenvalue weighted by Gasteiger charge is -2.07. The first-order valence-corrected chi connectivity index (χ1v) is 11.5. The molecule has 0 aliphatic heterocycles. The lowest BCUT2D eigenvalue weighted by Crippen LogP contribution is -1.94. The second kappa shape index (κ2) is 8.86. The first-order valence-electron chi connectivity index (χ1n) is 9.91. The summed E-state index contributed by atoms with van der Waals surface area (Å²) < 4.78 is 58.2. The van der Waals surface area contributed by atoms with Gasteiger partial charge in [-0.2, -0.15) is 0 Å². The maximum atomic E-state index is 14.3. The highest BCUT2D eigenvalue weighted by Crippen LogP contribution is 2.40. The maximum Gasteiger partial charge on any atom is 0.142 e. The number of fused-ring (bicyclic) bond motifs is 1. The molecule has 0 spiro atoms. The van der Waals surface area contributed by atoms with Crippen molar-refractivity contribution in [2.24, 2.45) is 0 Å². The molecule has 0 bridgehead atoms. The summed E-state index contributed by atoms with van der Waals surface area (Å²) in [6.45, 7) is 3.78. The summed E-state index contributed by atoms with van der Waals surface area (Å²) in [5.74, 6) is 2.99. The number of aryl methyl sites for hydroxylation is 1. The van der Waals surface area contributed by atoms with Crippen molar-refractivity contribution in [3.8, 4) is 22.3 Å². The van der Waals surface area contributed by atoms with Crippen molar-refractivity contribution in [1.29, 1.82) is 0 Å². The van der Waals surface area contributed by atoms with Crippen LogP contribution in [-0.4, -0.2) is 0 Å². The second-order valence-corrected chi connectivity index (χ2v) is 9.32. The highest BCUT2D eigenvalue weighted by molar-refractivity contribution is 7.29. The lowest BCUT2D eigenvalue weighted by atomic mass is 10.0. The Bertz CT molecular complexity index is 1280. The Morgan fingerprint density at radius 1 is 0.774 bits per heavy atom. The fourth-order valence-electron chi connectivity index (χ4n) is 3.51. The van der Waals surface area contributed by atoms with E-state index in [1.54, 1.807) is 0 Å². The summed E-state index contributed by atoms with van der Waals surface area (Å²) in [6.07, 6.45) is 1.87. The largest absolute Gasteiger partial charge is 0.207 e. The van der Waals surface area contributed by atoms with E-state index in [0.29, 0.717) is 34.4 Å². The van der Waals surface area contributed by atoms with Gasteiger partial charge in [0.1, 0.15) is 23.3 Å². The van der Waals surface area contributed by atoms with Crippen molar-refractivity contribution in [3.05, 3.63) is 81.2 Å². The van der Waals surface area contributed by atoms with Gasteiger partial charge >= 0.3 is 0 Å². The van der Waals surface area contributed by atoms with Crippen molar-refractivity contribution in [1.82, 2.24) is 0 Å². The molecule has 4 aromatic rings. The molecule has 2 aromatic heterocycles. The fraction of sp³-hybridized carbons (Fsp3) is 0.200. The van der Waals surface area contributed by atoms with Crippen molar-refractivity contribution >= 4 is 32.1 Å². The van der Waals surface area contributed by atoms with E-state index in [0.717, 1.165) is 26.8 Å². The number of hydrogen-bond donors (Lipinski definition) is 0. The zero-order valence-corrected chi connectivity index (χ0v) is 18.5. The molecule has 2 aromatic carbocycles. The molecule has 0 atom stereocenters. The van der Waals surface area contributed by atoms with E-state index in [-0.39, 0.29) is 5.56 Å². The van der Waals surface area contributed by atoms with Crippen LogP contribution in [0.2, 0.25) is 0 Å². The van der Waals surface area contributed by atoms with Crippen LogP contribution in [-0.2, 0) is 12.8 Å². The Hall–Kier alpha value is -2.62. The van der Waals surface area contributed by atoms with Crippen LogP contribution in [0, 0.1) is 35.1 Å². The summed E-state index contributed by atoms with van der Waals surface area (Å²) in [5, 5.41) is 0. The molecule has 0 radical (unpaired) electrons.